The maximum Gasteiger partial charge on any atom is 0.257 e. The van der Waals surface area contributed by atoms with Gasteiger partial charge in [-0.05, 0) is 49.1 Å². The molecule has 1 N–H and O–H groups in total. The number of nitrogens with zero attached hydrogens (tertiary/aromatic N) is 1. The molecule has 1 heterocycles. The van der Waals surface area contributed by atoms with Gasteiger partial charge in [0.2, 0.25) is 0 Å². The average molecular weight is 333 g/mol. The summed E-state index contributed by atoms with van der Waals surface area (Å²) in [6.45, 7) is 11.8. The third-order valence-corrected chi connectivity index (χ3v) is 4.82. The molecule has 1 amide bonds. The summed E-state index contributed by atoms with van der Waals surface area (Å²) in [5, 5.41) is 11.6. The minimum absolute atomic E-state index is 0.199. The lowest BCUT2D eigenvalue weighted by atomic mass is 9.82. The second-order valence-electron chi connectivity index (χ2n) is 6.67. The van der Waals surface area contributed by atoms with Crippen molar-refractivity contribution in [1.29, 1.82) is 0 Å². The molecule has 128 valence electrons. The van der Waals surface area contributed by atoms with Crippen LogP contribution in [0, 0.1) is 13.8 Å². The molecule has 0 saturated carbocycles. The standard InChI is InChI=1S/C22H23NO2/c1-5-9-20-22(25,18-10-7-6-8-11-18)17(4)21(24)23(20)19-13-15(2)12-16(3)14-19/h5-8,10-14,20,25H,1,4,9H2,2-3H3/t20-,22+/m0/s1. The van der Waals surface area contributed by atoms with Gasteiger partial charge in [-0.15, -0.1) is 6.58 Å². The number of carbonyl (C=O) groups is 1. The molecule has 0 spiro atoms. The first kappa shape index (κ1) is 17.2. The molecule has 0 unspecified atom stereocenters. The van der Waals surface area contributed by atoms with Gasteiger partial charge in [0.25, 0.3) is 5.91 Å². The summed E-state index contributed by atoms with van der Waals surface area (Å²) in [5.74, 6) is -0.247. The summed E-state index contributed by atoms with van der Waals surface area (Å²) in [6.07, 6.45) is 2.20. The van der Waals surface area contributed by atoms with Crippen LogP contribution in [0.15, 0.2) is 73.3 Å². The first-order valence-electron chi connectivity index (χ1n) is 8.39. The number of anilines is 1. The molecule has 1 aliphatic heterocycles. The van der Waals surface area contributed by atoms with Crippen LogP contribution in [0.4, 0.5) is 5.69 Å². The zero-order valence-corrected chi connectivity index (χ0v) is 14.7. The lowest BCUT2D eigenvalue weighted by Crippen LogP contribution is -2.43. The van der Waals surface area contributed by atoms with E-state index in [1.807, 2.05) is 56.3 Å². The van der Waals surface area contributed by atoms with E-state index < -0.39 is 11.6 Å². The van der Waals surface area contributed by atoms with Crippen LogP contribution < -0.4 is 4.90 Å². The van der Waals surface area contributed by atoms with Gasteiger partial charge in [0.05, 0.1) is 6.04 Å². The number of aryl methyl sites for hydroxylation is 2. The average Bonchev–Trinajstić information content (AvgIpc) is 2.77. The molecule has 0 bridgehead atoms. The molecule has 0 aromatic heterocycles. The Balaban J connectivity index is 2.18. The third-order valence-electron chi connectivity index (χ3n) is 4.82. The summed E-state index contributed by atoms with van der Waals surface area (Å²) in [5.41, 5.74) is 2.35. The molecule has 2 aromatic rings. The predicted octanol–water partition coefficient (Wildman–Crippen LogP) is 4.04. The molecule has 0 aliphatic carbocycles. The fourth-order valence-corrected chi connectivity index (χ4v) is 3.72. The zero-order valence-electron chi connectivity index (χ0n) is 14.7. The molecule has 1 saturated heterocycles. The molecular weight excluding hydrogens is 310 g/mol. The van der Waals surface area contributed by atoms with E-state index in [4.69, 9.17) is 0 Å². The number of rotatable bonds is 4. The Labute approximate surface area is 148 Å². The van der Waals surface area contributed by atoms with Gasteiger partial charge in [0.15, 0.2) is 0 Å². The van der Waals surface area contributed by atoms with E-state index in [0.717, 1.165) is 16.8 Å². The van der Waals surface area contributed by atoms with Crippen molar-refractivity contribution >= 4 is 11.6 Å². The van der Waals surface area contributed by atoms with Crippen LogP contribution in [-0.2, 0) is 10.4 Å². The molecule has 0 radical (unpaired) electrons. The van der Waals surface area contributed by atoms with E-state index in [9.17, 15) is 9.90 Å². The topological polar surface area (TPSA) is 40.5 Å². The van der Waals surface area contributed by atoms with E-state index in [2.05, 4.69) is 19.2 Å². The highest BCUT2D eigenvalue weighted by molar-refractivity contribution is 6.11. The Hall–Kier alpha value is -2.65. The number of hydrogen-bond donors (Lipinski definition) is 1. The normalized spacial score (nSPS) is 23.2. The van der Waals surface area contributed by atoms with Gasteiger partial charge in [-0.1, -0.05) is 49.1 Å². The van der Waals surface area contributed by atoms with E-state index in [-0.39, 0.29) is 11.5 Å². The Bertz CT molecular complexity index is 820. The van der Waals surface area contributed by atoms with Crippen LogP contribution in [0.1, 0.15) is 23.1 Å². The number of hydrogen-bond acceptors (Lipinski definition) is 2. The van der Waals surface area contributed by atoms with Gasteiger partial charge >= 0.3 is 0 Å². The smallest absolute Gasteiger partial charge is 0.257 e. The zero-order chi connectivity index (χ0) is 18.2. The lowest BCUT2D eigenvalue weighted by molar-refractivity contribution is -0.114. The van der Waals surface area contributed by atoms with Crippen molar-refractivity contribution in [1.82, 2.24) is 0 Å². The fraction of sp³-hybridized carbons (Fsp3) is 0.227. The van der Waals surface area contributed by atoms with E-state index in [1.165, 1.54) is 0 Å². The largest absolute Gasteiger partial charge is 0.378 e. The number of benzene rings is 2. The van der Waals surface area contributed by atoms with Gasteiger partial charge < -0.3 is 10.0 Å². The summed E-state index contributed by atoms with van der Waals surface area (Å²) < 4.78 is 0. The van der Waals surface area contributed by atoms with Gasteiger partial charge in [0, 0.05) is 11.3 Å². The summed E-state index contributed by atoms with van der Waals surface area (Å²) in [7, 11) is 0. The van der Waals surface area contributed by atoms with Crippen LogP contribution in [0.3, 0.4) is 0 Å². The van der Waals surface area contributed by atoms with Crippen molar-refractivity contribution in [3.8, 4) is 0 Å². The fourth-order valence-electron chi connectivity index (χ4n) is 3.72. The highest BCUT2D eigenvalue weighted by Gasteiger charge is 2.54. The van der Waals surface area contributed by atoms with Crippen molar-refractivity contribution in [3.05, 3.63) is 90.0 Å². The van der Waals surface area contributed by atoms with Crippen LogP contribution in [-0.4, -0.2) is 17.1 Å². The Morgan fingerprint density at radius 3 is 2.32 bits per heavy atom. The molecule has 25 heavy (non-hydrogen) atoms. The SMILES string of the molecule is C=CC[C@@H]1N(c2cc(C)cc(C)c2)C(=O)C(=C)[C@@]1(O)c1ccccc1. The molecule has 2 aromatic carbocycles. The first-order chi connectivity index (χ1) is 11.9. The van der Waals surface area contributed by atoms with Crippen molar-refractivity contribution in [3.63, 3.8) is 0 Å². The van der Waals surface area contributed by atoms with Crippen LogP contribution in [0.5, 0.6) is 0 Å². The van der Waals surface area contributed by atoms with Gasteiger partial charge in [-0.2, -0.15) is 0 Å². The molecular formula is C22H23NO2. The van der Waals surface area contributed by atoms with Crippen LogP contribution >= 0.6 is 0 Å². The third kappa shape index (κ3) is 2.71. The van der Waals surface area contributed by atoms with Crippen molar-refractivity contribution in [2.24, 2.45) is 0 Å². The summed E-state index contributed by atoms with van der Waals surface area (Å²) in [6, 6.07) is 14.8. The molecule has 3 heteroatoms. The maximum atomic E-state index is 13.0. The van der Waals surface area contributed by atoms with E-state index in [1.54, 1.807) is 11.0 Å². The van der Waals surface area contributed by atoms with Gasteiger partial charge in [-0.3, -0.25) is 4.79 Å². The van der Waals surface area contributed by atoms with Gasteiger partial charge in [0.1, 0.15) is 5.60 Å². The van der Waals surface area contributed by atoms with Gasteiger partial charge in [-0.25, -0.2) is 0 Å². The summed E-state index contributed by atoms with van der Waals surface area (Å²) in [4.78, 5) is 14.7. The number of amides is 1. The second-order valence-corrected chi connectivity index (χ2v) is 6.67. The van der Waals surface area contributed by atoms with Crippen molar-refractivity contribution in [2.45, 2.75) is 31.9 Å². The Morgan fingerprint density at radius 2 is 1.76 bits per heavy atom. The first-order valence-corrected chi connectivity index (χ1v) is 8.39. The monoisotopic (exact) mass is 333 g/mol. The van der Waals surface area contributed by atoms with Crippen LogP contribution in [0.2, 0.25) is 0 Å². The van der Waals surface area contributed by atoms with Crippen molar-refractivity contribution < 1.29 is 9.90 Å². The minimum Gasteiger partial charge on any atom is -0.378 e. The second kappa shape index (κ2) is 6.34. The molecule has 1 aliphatic rings. The number of aliphatic hydroxyl groups is 1. The quantitative estimate of drug-likeness (QED) is 0.678. The summed E-state index contributed by atoms with van der Waals surface area (Å²) >= 11 is 0. The molecule has 2 atom stereocenters. The Morgan fingerprint density at radius 1 is 1.16 bits per heavy atom. The van der Waals surface area contributed by atoms with Crippen LogP contribution in [0.25, 0.3) is 0 Å². The predicted molar refractivity (Wildman–Crippen MR) is 101 cm³/mol. The molecule has 1 fully saturated rings. The van der Waals surface area contributed by atoms with Crippen molar-refractivity contribution in [2.75, 3.05) is 4.90 Å². The maximum absolute atomic E-state index is 13.0. The minimum atomic E-state index is -1.44. The molecule has 3 nitrogen and oxygen atoms in total. The lowest BCUT2D eigenvalue weighted by Gasteiger charge is -2.33. The highest BCUT2D eigenvalue weighted by Crippen LogP contribution is 2.45. The molecule has 3 rings (SSSR count). The highest BCUT2D eigenvalue weighted by atomic mass is 16.3. The number of carbonyl (C=O) groups excluding carboxylic acids is 1. The van der Waals surface area contributed by atoms with E-state index >= 15 is 0 Å². The van der Waals surface area contributed by atoms with E-state index in [0.29, 0.717) is 12.0 Å². The Kier molecular flexibility index (Phi) is 4.36.